The number of carboxylic acids is 2. The fraction of sp³-hybridized carbons (Fsp3) is 0.273. The Morgan fingerprint density at radius 2 is 1.76 bits per heavy atom. The van der Waals surface area contributed by atoms with Crippen LogP contribution in [0, 0.1) is 0 Å². The summed E-state index contributed by atoms with van der Waals surface area (Å²) >= 11 is 7.61. The smallest absolute Gasteiger partial charge is 0.414 e. The highest BCUT2D eigenvalue weighted by atomic mass is 35.5. The molecule has 1 aromatic carbocycles. The van der Waals surface area contributed by atoms with Crippen molar-refractivity contribution in [1.82, 2.24) is 14.8 Å². The first kappa shape index (κ1) is 25.4. The lowest BCUT2D eigenvalue weighted by molar-refractivity contribution is -0.159. The number of hydrogen-bond acceptors (Lipinski definition) is 8. The number of carbonyl (C=O) groups excluding carboxylic acids is 1. The average molecular weight is 507 g/mol. The number of amides is 1. The van der Waals surface area contributed by atoms with Crippen LogP contribution in [0.3, 0.4) is 0 Å². The van der Waals surface area contributed by atoms with Gasteiger partial charge in [0.15, 0.2) is 5.76 Å². The van der Waals surface area contributed by atoms with Crippen molar-refractivity contribution in [3.63, 3.8) is 0 Å². The quantitative estimate of drug-likeness (QED) is 0.431. The maximum absolute atomic E-state index is 12.3. The Morgan fingerprint density at radius 1 is 1.06 bits per heavy atom. The molecule has 3 N–H and O–H groups in total. The van der Waals surface area contributed by atoms with Crippen molar-refractivity contribution in [3.8, 4) is 11.5 Å². The van der Waals surface area contributed by atoms with E-state index in [0.29, 0.717) is 11.6 Å². The molecule has 3 heterocycles. The van der Waals surface area contributed by atoms with Crippen LogP contribution in [0.4, 0.5) is 5.69 Å². The summed E-state index contributed by atoms with van der Waals surface area (Å²) in [7, 11) is 0. The number of carbonyl (C=O) groups is 3. The summed E-state index contributed by atoms with van der Waals surface area (Å²) in [6.07, 6.45) is 1.66. The summed E-state index contributed by atoms with van der Waals surface area (Å²) in [6.45, 7) is 4.77. The third-order valence-corrected chi connectivity index (χ3v) is 5.88. The Balaban J connectivity index is 0.000000481. The molecule has 12 heteroatoms. The normalized spacial score (nSPS) is 14.1. The van der Waals surface area contributed by atoms with Gasteiger partial charge in [-0.2, -0.15) is 0 Å². The summed E-state index contributed by atoms with van der Waals surface area (Å²) in [4.78, 5) is 39.7. The number of aromatic nitrogens is 1. The minimum atomic E-state index is -1.82. The van der Waals surface area contributed by atoms with Gasteiger partial charge in [-0.3, -0.25) is 14.6 Å². The number of benzene rings is 1. The molecule has 0 aliphatic carbocycles. The van der Waals surface area contributed by atoms with Crippen LogP contribution in [0.15, 0.2) is 52.5 Å². The molecule has 3 aromatic rings. The Bertz CT molecular complexity index is 1100. The molecule has 0 bridgehead atoms. The lowest BCUT2D eigenvalue weighted by atomic mass is 10.3. The number of piperazine rings is 1. The maximum atomic E-state index is 12.3. The van der Waals surface area contributed by atoms with Gasteiger partial charge in [0.25, 0.3) is 0 Å². The minimum absolute atomic E-state index is 0.0151. The van der Waals surface area contributed by atoms with Gasteiger partial charge in [-0.25, -0.2) is 14.6 Å². The van der Waals surface area contributed by atoms with E-state index in [0.717, 1.165) is 54.9 Å². The number of nitrogens with one attached hydrogen (secondary N) is 1. The molecule has 1 aliphatic heterocycles. The molecule has 0 radical (unpaired) electrons. The number of nitrogens with zero attached hydrogens (tertiary/aromatic N) is 3. The van der Waals surface area contributed by atoms with E-state index in [-0.39, 0.29) is 5.91 Å². The first-order chi connectivity index (χ1) is 16.3. The van der Waals surface area contributed by atoms with Crippen molar-refractivity contribution in [1.29, 1.82) is 0 Å². The topological polar surface area (TPSA) is 136 Å². The van der Waals surface area contributed by atoms with Gasteiger partial charge < -0.3 is 19.9 Å². The van der Waals surface area contributed by atoms with E-state index in [9.17, 15) is 4.79 Å². The first-order valence-electron chi connectivity index (χ1n) is 10.2. The Morgan fingerprint density at radius 3 is 2.38 bits per heavy atom. The average Bonchev–Trinajstić information content (AvgIpc) is 3.47. The van der Waals surface area contributed by atoms with Gasteiger partial charge in [0.2, 0.25) is 5.91 Å². The summed E-state index contributed by atoms with van der Waals surface area (Å²) in [5, 5.41) is 21.4. The van der Waals surface area contributed by atoms with Crippen molar-refractivity contribution in [3.05, 3.63) is 58.1 Å². The number of thiazole rings is 1. The van der Waals surface area contributed by atoms with Gasteiger partial charge in [-0.05, 0) is 30.3 Å². The largest absolute Gasteiger partial charge is 0.473 e. The van der Waals surface area contributed by atoms with Crippen LogP contribution >= 0.6 is 22.9 Å². The second-order valence-electron chi connectivity index (χ2n) is 7.32. The van der Waals surface area contributed by atoms with Crippen LogP contribution in [0.5, 0.6) is 0 Å². The SMILES string of the molecule is O=C(CN1CCN(Cc2nc(-c3ccco3)cs2)CC1)Nc1cccc(Cl)c1.O=C(O)C(=O)O. The van der Waals surface area contributed by atoms with Crippen LogP contribution in [-0.2, 0) is 20.9 Å². The van der Waals surface area contributed by atoms with Crippen molar-refractivity contribution in [2.24, 2.45) is 0 Å². The predicted molar refractivity (Wildman–Crippen MR) is 127 cm³/mol. The predicted octanol–water partition coefficient (Wildman–Crippen LogP) is 2.97. The molecule has 180 valence electrons. The second kappa shape index (κ2) is 12.3. The molecular weight excluding hydrogens is 484 g/mol. The monoisotopic (exact) mass is 506 g/mol. The fourth-order valence-corrected chi connectivity index (χ4v) is 4.20. The molecule has 1 aliphatic rings. The highest BCUT2D eigenvalue weighted by Crippen LogP contribution is 2.23. The standard InChI is InChI=1S/C20H21ClN4O2S.C2H2O4/c21-15-3-1-4-16(11-15)22-19(26)12-24-6-8-25(9-7-24)13-20-23-17(14-28-20)18-5-2-10-27-18;3-1(4)2(5)6/h1-5,10-11,14H,6-9,12-13H2,(H,22,26);(H,3,4)(H,5,6). The molecule has 0 spiro atoms. The first-order valence-corrected chi connectivity index (χ1v) is 11.5. The zero-order valence-electron chi connectivity index (χ0n) is 18.0. The number of halogens is 1. The third kappa shape index (κ3) is 7.96. The minimum Gasteiger partial charge on any atom is -0.473 e. The zero-order valence-corrected chi connectivity index (χ0v) is 19.6. The molecule has 4 rings (SSSR count). The molecule has 10 nitrogen and oxygen atoms in total. The van der Waals surface area contributed by atoms with Gasteiger partial charge in [-0.15, -0.1) is 11.3 Å². The summed E-state index contributed by atoms with van der Waals surface area (Å²) in [6, 6.07) is 11.0. The molecule has 1 amide bonds. The van der Waals surface area contributed by atoms with E-state index in [1.807, 2.05) is 29.6 Å². The summed E-state index contributed by atoms with van der Waals surface area (Å²) in [5.41, 5.74) is 1.62. The van der Waals surface area contributed by atoms with Crippen molar-refractivity contribution in [2.75, 3.05) is 38.0 Å². The van der Waals surface area contributed by atoms with E-state index in [2.05, 4.69) is 20.1 Å². The highest BCUT2D eigenvalue weighted by molar-refractivity contribution is 7.09. The Kier molecular flexibility index (Phi) is 9.16. The molecule has 0 saturated carbocycles. The summed E-state index contributed by atoms with van der Waals surface area (Å²) in [5.74, 6) is -2.86. The van der Waals surface area contributed by atoms with E-state index in [1.54, 1.807) is 29.7 Å². The molecular formula is C22H23ClN4O6S. The molecule has 1 fully saturated rings. The van der Waals surface area contributed by atoms with E-state index in [1.165, 1.54) is 0 Å². The van der Waals surface area contributed by atoms with Crippen molar-refractivity contribution < 1.29 is 29.0 Å². The second-order valence-corrected chi connectivity index (χ2v) is 8.70. The van der Waals surface area contributed by atoms with E-state index in [4.69, 9.17) is 35.8 Å². The van der Waals surface area contributed by atoms with Crippen LogP contribution < -0.4 is 5.32 Å². The van der Waals surface area contributed by atoms with Crippen LogP contribution in [0.25, 0.3) is 11.5 Å². The fourth-order valence-electron chi connectivity index (χ4n) is 3.19. The van der Waals surface area contributed by atoms with Crippen LogP contribution in [-0.4, -0.2) is 75.6 Å². The molecule has 0 atom stereocenters. The van der Waals surface area contributed by atoms with E-state index < -0.39 is 11.9 Å². The highest BCUT2D eigenvalue weighted by Gasteiger charge is 2.20. The van der Waals surface area contributed by atoms with Crippen molar-refractivity contribution >= 4 is 46.5 Å². The van der Waals surface area contributed by atoms with Gasteiger partial charge in [-0.1, -0.05) is 17.7 Å². The van der Waals surface area contributed by atoms with Gasteiger partial charge >= 0.3 is 11.9 Å². The number of hydrogen-bond donors (Lipinski definition) is 3. The lowest BCUT2D eigenvalue weighted by Gasteiger charge is -2.33. The van der Waals surface area contributed by atoms with Crippen LogP contribution in [0.2, 0.25) is 5.02 Å². The van der Waals surface area contributed by atoms with Crippen molar-refractivity contribution in [2.45, 2.75) is 6.54 Å². The zero-order chi connectivity index (χ0) is 24.5. The maximum Gasteiger partial charge on any atom is 0.414 e. The van der Waals surface area contributed by atoms with Gasteiger partial charge in [0.05, 0.1) is 19.4 Å². The molecule has 1 saturated heterocycles. The Hall–Kier alpha value is -3.25. The van der Waals surface area contributed by atoms with Gasteiger partial charge in [0.1, 0.15) is 10.7 Å². The molecule has 2 aromatic heterocycles. The van der Waals surface area contributed by atoms with Gasteiger partial charge in [0, 0.05) is 42.3 Å². The summed E-state index contributed by atoms with van der Waals surface area (Å²) < 4.78 is 5.40. The lowest BCUT2D eigenvalue weighted by Crippen LogP contribution is -2.48. The molecule has 0 unspecified atom stereocenters. The number of carboxylic acid groups (broad SMARTS) is 2. The number of aliphatic carboxylic acids is 2. The number of anilines is 1. The van der Waals surface area contributed by atoms with Crippen LogP contribution in [0.1, 0.15) is 5.01 Å². The number of furan rings is 1. The Labute approximate surface area is 204 Å². The van der Waals surface area contributed by atoms with E-state index >= 15 is 0 Å². The number of rotatable bonds is 6. The molecule has 34 heavy (non-hydrogen) atoms. The third-order valence-electron chi connectivity index (χ3n) is 4.81.